The Bertz CT molecular complexity index is 1240. The van der Waals surface area contributed by atoms with Crippen LogP contribution in [-0.4, -0.2) is 66.9 Å². The lowest BCUT2D eigenvalue weighted by Gasteiger charge is -2.30. The highest BCUT2D eigenvalue weighted by Gasteiger charge is 2.34. The predicted molar refractivity (Wildman–Crippen MR) is 168 cm³/mol. The Morgan fingerprint density at radius 3 is 1.68 bits per heavy atom. The Balaban J connectivity index is 2.21. The van der Waals surface area contributed by atoms with Crippen molar-refractivity contribution in [2.75, 3.05) is 7.11 Å². The number of esters is 1. The average molecular weight is 610 g/mol. The van der Waals surface area contributed by atoms with Gasteiger partial charge in [0.15, 0.2) is 0 Å². The van der Waals surface area contributed by atoms with Crippen LogP contribution in [0, 0.1) is 11.8 Å². The van der Waals surface area contributed by atoms with Gasteiger partial charge in [-0.3, -0.25) is 19.2 Å². The summed E-state index contributed by atoms with van der Waals surface area (Å²) in [5.74, 6) is -3.40. The molecule has 0 aromatic heterocycles. The molecule has 0 saturated heterocycles. The van der Waals surface area contributed by atoms with E-state index in [-0.39, 0.29) is 18.3 Å². The van der Waals surface area contributed by atoms with Gasteiger partial charge in [0, 0.05) is 6.42 Å². The molecule has 2 aromatic carbocycles. The van der Waals surface area contributed by atoms with E-state index >= 15 is 0 Å². The zero-order chi connectivity index (χ0) is 32.8. The number of hydrogen-bond donors (Lipinski definition) is 5. The summed E-state index contributed by atoms with van der Waals surface area (Å²) in [6.07, 6.45) is 1.00. The van der Waals surface area contributed by atoms with Gasteiger partial charge >= 0.3 is 5.97 Å². The van der Waals surface area contributed by atoms with E-state index in [2.05, 4.69) is 21.3 Å². The number of hydrogen-bond acceptors (Lipinski definition) is 7. The van der Waals surface area contributed by atoms with Crippen LogP contribution in [-0.2, 0) is 41.6 Å². The summed E-state index contributed by atoms with van der Waals surface area (Å²) >= 11 is 0. The highest BCUT2D eigenvalue weighted by molar-refractivity contribution is 5.95. The highest BCUT2D eigenvalue weighted by atomic mass is 16.5. The molecule has 0 aliphatic rings. The van der Waals surface area contributed by atoms with Crippen LogP contribution < -0.4 is 27.0 Å². The van der Waals surface area contributed by atoms with Crippen molar-refractivity contribution in [3.8, 4) is 0 Å². The summed E-state index contributed by atoms with van der Waals surface area (Å²) in [6, 6.07) is 13.6. The smallest absolute Gasteiger partial charge is 0.328 e. The van der Waals surface area contributed by atoms with Crippen molar-refractivity contribution in [2.24, 2.45) is 17.6 Å². The fourth-order valence-corrected chi connectivity index (χ4v) is 4.57. The number of rotatable bonds is 16. The molecular formula is C33H47N5O6. The van der Waals surface area contributed by atoms with E-state index in [1.807, 2.05) is 74.5 Å². The Morgan fingerprint density at radius 2 is 1.18 bits per heavy atom. The molecule has 0 aliphatic heterocycles. The number of nitrogens with one attached hydrogen (secondary N) is 4. The maximum atomic E-state index is 13.7. The standard InChI is InChI=1S/C33H47N5O6/c1-7-21(4)28(38-31(41)27(20(2)3)37-29(39)25(34)18-23-14-10-8-11-15-23)32(42)36-26(19-24-16-12-9-13-17-24)30(40)35-22(5)33(43)44-6/h8-17,20-22,25-28H,7,18-19,34H2,1-6H3,(H,35,40)(H,36,42)(H,37,39)(H,38,41)/t21-,22-,25+,26-,27-,28-/m0/s1. The lowest BCUT2D eigenvalue weighted by atomic mass is 9.95. The predicted octanol–water partition coefficient (Wildman–Crippen LogP) is 1.63. The number of ether oxygens (including phenoxy) is 1. The van der Waals surface area contributed by atoms with Gasteiger partial charge in [-0.2, -0.15) is 0 Å². The van der Waals surface area contributed by atoms with Crippen LogP contribution in [0.15, 0.2) is 60.7 Å². The third-order valence-corrected chi connectivity index (χ3v) is 7.50. The van der Waals surface area contributed by atoms with Gasteiger partial charge in [-0.05, 0) is 36.3 Å². The fraction of sp³-hybridized carbons (Fsp3) is 0.485. The SMILES string of the molecule is CC[C@H](C)[C@H](NC(=O)[C@@H](NC(=O)[C@H](N)Cc1ccccc1)C(C)C)C(=O)N[C@@H](Cc1ccccc1)C(=O)N[C@@H](C)C(=O)OC. The van der Waals surface area contributed by atoms with Crippen LogP contribution in [0.2, 0.25) is 0 Å². The van der Waals surface area contributed by atoms with Gasteiger partial charge in [0.1, 0.15) is 24.2 Å². The van der Waals surface area contributed by atoms with E-state index in [1.54, 1.807) is 13.8 Å². The average Bonchev–Trinajstić information content (AvgIpc) is 3.01. The van der Waals surface area contributed by atoms with E-state index in [0.717, 1.165) is 11.1 Å². The number of nitrogens with two attached hydrogens (primary N) is 1. The molecule has 11 heteroatoms. The first-order chi connectivity index (χ1) is 20.9. The van der Waals surface area contributed by atoms with Gasteiger partial charge in [-0.15, -0.1) is 0 Å². The molecule has 0 radical (unpaired) electrons. The van der Waals surface area contributed by atoms with Crippen molar-refractivity contribution in [3.05, 3.63) is 71.8 Å². The number of amides is 4. The molecule has 6 N–H and O–H groups in total. The van der Waals surface area contributed by atoms with Gasteiger partial charge < -0.3 is 31.7 Å². The van der Waals surface area contributed by atoms with Crippen molar-refractivity contribution < 1.29 is 28.7 Å². The van der Waals surface area contributed by atoms with Crippen molar-refractivity contribution >= 4 is 29.6 Å². The molecule has 6 atom stereocenters. The molecule has 0 aliphatic carbocycles. The minimum Gasteiger partial charge on any atom is -0.467 e. The normalized spacial score (nSPS) is 15.1. The van der Waals surface area contributed by atoms with Crippen LogP contribution in [0.1, 0.15) is 52.2 Å². The maximum Gasteiger partial charge on any atom is 0.328 e. The zero-order valence-corrected chi connectivity index (χ0v) is 26.5. The molecule has 44 heavy (non-hydrogen) atoms. The summed E-state index contributed by atoms with van der Waals surface area (Å²) in [5, 5.41) is 10.9. The van der Waals surface area contributed by atoms with Crippen LogP contribution in [0.3, 0.4) is 0 Å². The largest absolute Gasteiger partial charge is 0.467 e. The third-order valence-electron chi connectivity index (χ3n) is 7.50. The fourth-order valence-electron chi connectivity index (χ4n) is 4.57. The molecule has 2 rings (SSSR count). The molecule has 0 unspecified atom stereocenters. The molecule has 0 bridgehead atoms. The van der Waals surface area contributed by atoms with Crippen LogP contribution in [0.4, 0.5) is 0 Å². The second kappa shape index (κ2) is 17.8. The molecule has 0 saturated carbocycles. The van der Waals surface area contributed by atoms with Crippen molar-refractivity contribution in [2.45, 2.75) is 84.1 Å². The van der Waals surface area contributed by atoms with Crippen LogP contribution in [0.25, 0.3) is 0 Å². The summed E-state index contributed by atoms with van der Waals surface area (Å²) in [6.45, 7) is 8.75. The maximum absolute atomic E-state index is 13.7. The minimum absolute atomic E-state index is 0.150. The van der Waals surface area contributed by atoms with Gasteiger partial charge in [0.25, 0.3) is 0 Å². The van der Waals surface area contributed by atoms with Crippen molar-refractivity contribution in [3.63, 3.8) is 0 Å². The second-order valence-electron chi connectivity index (χ2n) is 11.4. The van der Waals surface area contributed by atoms with E-state index in [1.165, 1.54) is 14.0 Å². The third kappa shape index (κ3) is 11.1. The van der Waals surface area contributed by atoms with Gasteiger partial charge in [-0.1, -0.05) is 94.8 Å². The molecular weight excluding hydrogens is 562 g/mol. The summed E-state index contributed by atoms with van der Waals surface area (Å²) in [4.78, 5) is 65.3. The molecule has 11 nitrogen and oxygen atoms in total. The first kappa shape index (κ1) is 35.9. The van der Waals surface area contributed by atoms with Gasteiger partial charge in [0.2, 0.25) is 23.6 Å². The Labute approximate surface area is 260 Å². The number of carbonyl (C=O) groups excluding carboxylic acids is 5. The van der Waals surface area contributed by atoms with E-state index in [9.17, 15) is 24.0 Å². The van der Waals surface area contributed by atoms with Crippen LogP contribution in [0.5, 0.6) is 0 Å². The lowest BCUT2D eigenvalue weighted by Crippen LogP contribution is -2.61. The second-order valence-corrected chi connectivity index (χ2v) is 11.4. The Kier molecular flexibility index (Phi) is 14.5. The molecule has 2 aromatic rings. The van der Waals surface area contributed by atoms with E-state index < -0.39 is 59.8 Å². The highest BCUT2D eigenvalue weighted by Crippen LogP contribution is 2.12. The summed E-state index contributed by atoms with van der Waals surface area (Å²) in [5.41, 5.74) is 7.83. The number of methoxy groups -OCH3 is 1. The van der Waals surface area contributed by atoms with Gasteiger partial charge in [-0.25, -0.2) is 4.79 Å². The number of carbonyl (C=O) groups is 5. The molecule has 0 fully saturated rings. The molecule has 0 spiro atoms. The summed E-state index contributed by atoms with van der Waals surface area (Å²) in [7, 11) is 1.22. The van der Waals surface area contributed by atoms with Crippen molar-refractivity contribution in [1.82, 2.24) is 21.3 Å². The molecule has 240 valence electrons. The summed E-state index contributed by atoms with van der Waals surface area (Å²) < 4.78 is 4.71. The minimum atomic E-state index is -1.04. The van der Waals surface area contributed by atoms with Gasteiger partial charge in [0.05, 0.1) is 13.2 Å². The number of benzene rings is 2. The Hall–Kier alpha value is -4.25. The van der Waals surface area contributed by atoms with E-state index in [0.29, 0.717) is 12.8 Å². The zero-order valence-electron chi connectivity index (χ0n) is 26.5. The van der Waals surface area contributed by atoms with Crippen molar-refractivity contribution in [1.29, 1.82) is 0 Å². The monoisotopic (exact) mass is 609 g/mol. The first-order valence-electron chi connectivity index (χ1n) is 15.0. The molecule has 4 amide bonds. The quantitative estimate of drug-likeness (QED) is 0.180. The Morgan fingerprint density at radius 1 is 0.682 bits per heavy atom. The molecule has 0 heterocycles. The van der Waals surface area contributed by atoms with E-state index in [4.69, 9.17) is 10.5 Å². The first-order valence-corrected chi connectivity index (χ1v) is 15.0. The lowest BCUT2D eigenvalue weighted by molar-refractivity contribution is -0.144. The topological polar surface area (TPSA) is 169 Å². The van der Waals surface area contributed by atoms with Crippen LogP contribution >= 0.6 is 0 Å².